The van der Waals surface area contributed by atoms with Crippen molar-refractivity contribution in [2.24, 2.45) is 7.05 Å². The molecule has 4 rings (SSSR count). The Hall–Kier alpha value is -3.08. The van der Waals surface area contributed by atoms with Crippen molar-refractivity contribution in [1.82, 2.24) is 14.8 Å². The van der Waals surface area contributed by atoms with Crippen LogP contribution in [0.2, 0.25) is 0 Å². The van der Waals surface area contributed by atoms with Gasteiger partial charge in [0.25, 0.3) is 5.91 Å². The predicted octanol–water partition coefficient (Wildman–Crippen LogP) is 4.67. The first-order chi connectivity index (χ1) is 14.9. The molecule has 1 saturated carbocycles. The van der Waals surface area contributed by atoms with Crippen molar-refractivity contribution in [3.8, 4) is 11.1 Å². The van der Waals surface area contributed by atoms with Crippen LogP contribution in [0.1, 0.15) is 48.5 Å². The fourth-order valence-corrected chi connectivity index (χ4v) is 4.67. The molecule has 2 aromatic carbocycles. The van der Waals surface area contributed by atoms with Crippen molar-refractivity contribution in [3.05, 3.63) is 59.8 Å². The second-order valence-corrected chi connectivity index (χ2v) is 8.73. The van der Waals surface area contributed by atoms with E-state index in [4.69, 9.17) is 0 Å². The van der Waals surface area contributed by atoms with Crippen LogP contribution in [-0.4, -0.2) is 40.4 Å². The Morgan fingerprint density at radius 2 is 1.84 bits per heavy atom. The number of nitrogens with one attached hydrogen (secondary N) is 1. The highest BCUT2D eigenvalue weighted by Crippen LogP contribution is 2.29. The van der Waals surface area contributed by atoms with Crippen molar-refractivity contribution >= 4 is 22.7 Å². The van der Waals surface area contributed by atoms with Crippen LogP contribution in [0.5, 0.6) is 0 Å². The minimum Gasteiger partial charge on any atom is -0.353 e. The molecule has 0 bridgehead atoms. The van der Waals surface area contributed by atoms with Crippen LogP contribution in [-0.2, 0) is 11.8 Å². The lowest BCUT2D eigenvalue weighted by Crippen LogP contribution is -2.38. The third-order valence-corrected chi connectivity index (χ3v) is 6.63. The molecule has 162 valence electrons. The minimum absolute atomic E-state index is 0.0510. The quantitative estimate of drug-likeness (QED) is 0.656. The molecule has 1 heterocycles. The number of carbonyl (C=O) groups is 2. The van der Waals surface area contributed by atoms with Gasteiger partial charge in [-0.3, -0.25) is 9.59 Å². The van der Waals surface area contributed by atoms with E-state index >= 15 is 0 Å². The smallest absolute Gasteiger partial charge is 0.254 e. The Morgan fingerprint density at radius 3 is 2.58 bits per heavy atom. The number of aryl methyl sites for hydroxylation is 2. The van der Waals surface area contributed by atoms with Crippen molar-refractivity contribution in [2.75, 3.05) is 7.05 Å². The van der Waals surface area contributed by atoms with Gasteiger partial charge in [-0.2, -0.15) is 0 Å². The highest BCUT2D eigenvalue weighted by Gasteiger charge is 2.31. The molecule has 0 radical (unpaired) electrons. The van der Waals surface area contributed by atoms with E-state index in [-0.39, 0.29) is 23.9 Å². The normalized spacial score (nSPS) is 18.3. The number of hydrogen-bond donors (Lipinski definition) is 1. The number of hydrogen-bond acceptors (Lipinski definition) is 2. The van der Waals surface area contributed by atoms with Gasteiger partial charge < -0.3 is 14.8 Å². The number of nitrogens with zero attached hydrogens (tertiary/aromatic N) is 2. The van der Waals surface area contributed by atoms with Crippen LogP contribution in [0.25, 0.3) is 22.0 Å². The maximum absolute atomic E-state index is 13.2. The van der Waals surface area contributed by atoms with Gasteiger partial charge >= 0.3 is 0 Å². The first-order valence-electron chi connectivity index (χ1n) is 11.1. The molecule has 1 aliphatic rings. The van der Waals surface area contributed by atoms with E-state index in [2.05, 4.69) is 46.4 Å². The molecule has 0 spiro atoms. The first-order valence-corrected chi connectivity index (χ1v) is 11.1. The van der Waals surface area contributed by atoms with E-state index in [0.29, 0.717) is 6.42 Å². The van der Waals surface area contributed by atoms with E-state index in [9.17, 15) is 9.59 Å². The van der Waals surface area contributed by atoms with Crippen LogP contribution in [0.4, 0.5) is 0 Å². The summed E-state index contributed by atoms with van der Waals surface area (Å²) in [5, 5.41) is 4.28. The summed E-state index contributed by atoms with van der Waals surface area (Å²) in [6.45, 7) is 3.87. The van der Waals surface area contributed by atoms with E-state index in [0.717, 1.165) is 41.5 Å². The Balaban J connectivity index is 1.49. The Kier molecular flexibility index (Phi) is 5.86. The molecular weight excluding hydrogens is 386 g/mol. The summed E-state index contributed by atoms with van der Waals surface area (Å²) in [6, 6.07) is 15.0. The highest BCUT2D eigenvalue weighted by atomic mass is 16.2. The number of rotatable bonds is 5. The minimum atomic E-state index is 0.0510. The van der Waals surface area contributed by atoms with Crippen LogP contribution >= 0.6 is 0 Å². The van der Waals surface area contributed by atoms with Crippen LogP contribution < -0.4 is 5.32 Å². The van der Waals surface area contributed by atoms with Crippen LogP contribution in [0.15, 0.2) is 48.7 Å². The topological polar surface area (TPSA) is 54.3 Å². The Morgan fingerprint density at radius 1 is 1.10 bits per heavy atom. The number of fused-ring (bicyclic) bond motifs is 1. The zero-order valence-corrected chi connectivity index (χ0v) is 18.8. The molecule has 1 aliphatic carbocycles. The molecule has 0 aliphatic heterocycles. The van der Waals surface area contributed by atoms with E-state index in [1.165, 1.54) is 10.9 Å². The highest BCUT2D eigenvalue weighted by molar-refractivity contribution is 5.96. The molecule has 1 N–H and O–H groups in total. The fraction of sp³-hybridized carbons (Fsp3) is 0.385. The summed E-state index contributed by atoms with van der Waals surface area (Å²) < 4.78 is 2.11. The molecule has 3 aromatic rings. The molecule has 5 heteroatoms. The number of aromatic nitrogens is 1. The zero-order chi connectivity index (χ0) is 22.1. The zero-order valence-electron chi connectivity index (χ0n) is 18.8. The van der Waals surface area contributed by atoms with Gasteiger partial charge in [-0.25, -0.2) is 0 Å². The lowest BCUT2D eigenvalue weighted by molar-refractivity contribution is -0.121. The molecule has 1 fully saturated rings. The Bertz CT molecular complexity index is 1130. The maximum atomic E-state index is 13.2. The summed E-state index contributed by atoms with van der Waals surface area (Å²) >= 11 is 0. The first kappa shape index (κ1) is 21.2. The van der Waals surface area contributed by atoms with Gasteiger partial charge in [-0.15, -0.1) is 0 Å². The number of benzene rings is 2. The van der Waals surface area contributed by atoms with E-state index in [1.807, 2.05) is 45.0 Å². The maximum Gasteiger partial charge on any atom is 0.254 e. The van der Waals surface area contributed by atoms with Gasteiger partial charge in [0, 0.05) is 55.3 Å². The predicted molar refractivity (Wildman–Crippen MR) is 125 cm³/mol. The second-order valence-electron chi connectivity index (χ2n) is 8.73. The molecule has 1 aromatic heterocycles. The standard InChI is InChI=1S/C26H31N3O2/c1-5-25(30)27-21-8-9-22(16-21)29(4)26(31)23-10-6-18(14-17(23)2)19-7-11-24-20(15-19)12-13-28(24)3/h6-7,10-15,21-22H,5,8-9,16H2,1-4H3,(H,27,30). The van der Waals surface area contributed by atoms with Gasteiger partial charge in [0.15, 0.2) is 0 Å². The molecule has 2 unspecified atom stereocenters. The van der Waals surface area contributed by atoms with Crippen LogP contribution in [0, 0.1) is 6.92 Å². The average molecular weight is 418 g/mol. The molecule has 2 amide bonds. The van der Waals surface area contributed by atoms with Gasteiger partial charge in [-0.05, 0) is 67.1 Å². The SMILES string of the molecule is CCC(=O)NC1CCC(N(C)C(=O)c2ccc(-c3ccc4c(ccn4C)c3)cc2C)C1. The third kappa shape index (κ3) is 4.22. The van der Waals surface area contributed by atoms with Crippen LogP contribution in [0.3, 0.4) is 0 Å². The fourth-order valence-electron chi connectivity index (χ4n) is 4.67. The second kappa shape index (κ2) is 8.58. The summed E-state index contributed by atoms with van der Waals surface area (Å²) in [5.74, 6) is 0.134. The Labute approximate surface area is 184 Å². The summed E-state index contributed by atoms with van der Waals surface area (Å²) in [4.78, 5) is 26.7. The lowest BCUT2D eigenvalue weighted by Gasteiger charge is -2.26. The monoisotopic (exact) mass is 417 g/mol. The van der Waals surface area contributed by atoms with E-state index in [1.54, 1.807) is 0 Å². The van der Waals surface area contributed by atoms with Crippen molar-refractivity contribution in [2.45, 2.75) is 51.6 Å². The number of carbonyl (C=O) groups excluding carboxylic acids is 2. The largest absolute Gasteiger partial charge is 0.353 e. The molecule has 5 nitrogen and oxygen atoms in total. The van der Waals surface area contributed by atoms with Crippen molar-refractivity contribution in [1.29, 1.82) is 0 Å². The molecule has 31 heavy (non-hydrogen) atoms. The summed E-state index contributed by atoms with van der Waals surface area (Å²) in [7, 11) is 3.93. The van der Waals surface area contributed by atoms with Gasteiger partial charge in [0.1, 0.15) is 0 Å². The molecular formula is C26H31N3O2. The summed E-state index contributed by atoms with van der Waals surface area (Å²) in [6.07, 6.45) is 5.23. The van der Waals surface area contributed by atoms with Gasteiger partial charge in [-0.1, -0.05) is 25.1 Å². The van der Waals surface area contributed by atoms with E-state index < -0.39 is 0 Å². The van der Waals surface area contributed by atoms with Crippen molar-refractivity contribution < 1.29 is 9.59 Å². The molecule has 0 saturated heterocycles. The average Bonchev–Trinajstić information content (AvgIpc) is 3.39. The van der Waals surface area contributed by atoms with Gasteiger partial charge in [0.2, 0.25) is 5.91 Å². The number of amides is 2. The lowest BCUT2D eigenvalue weighted by atomic mass is 9.98. The summed E-state index contributed by atoms with van der Waals surface area (Å²) in [5.41, 5.74) is 5.20. The van der Waals surface area contributed by atoms with Crippen molar-refractivity contribution in [3.63, 3.8) is 0 Å². The van der Waals surface area contributed by atoms with Gasteiger partial charge in [0.05, 0.1) is 0 Å². The third-order valence-electron chi connectivity index (χ3n) is 6.63. The molecule has 2 atom stereocenters.